The molecule has 0 fully saturated rings. The molecule has 0 aliphatic rings. The summed E-state index contributed by atoms with van der Waals surface area (Å²) in [7, 11) is 0. The molecule has 0 amide bonds. The van der Waals surface area contributed by atoms with E-state index in [1.165, 1.54) is 0 Å². The molecule has 0 atom stereocenters. The lowest BCUT2D eigenvalue weighted by atomic mass is 10.1. The average Bonchev–Trinajstić information content (AvgIpc) is 3.00. The first-order valence-electron chi connectivity index (χ1n) is 7.60. The van der Waals surface area contributed by atoms with Gasteiger partial charge in [0.05, 0.1) is 11.3 Å². The van der Waals surface area contributed by atoms with E-state index >= 15 is 0 Å². The van der Waals surface area contributed by atoms with Crippen LogP contribution in [0.3, 0.4) is 0 Å². The van der Waals surface area contributed by atoms with Gasteiger partial charge in [-0.3, -0.25) is 4.79 Å². The highest BCUT2D eigenvalue weighted by Gasteiger charge is 2.41. The van der Waals surface area contributed by atoms with Crippen LogP contribution in [0.2, 0.25) is 0 Å². The monoisotopic (exact) mass is 423 g/mol. The van der Waals surface area contributed by atoms with Gasteiger partial charge in [0.25, 0.3) is 5.56 Å². The molecule has 13 heteroatoms. The Hall–Kier alpha value is -3.38. The third-order valence-electron chi connectivity index (χ3n) is 3.66. The van der Waals surface area contributed by atoms with E-state index in [2.05, 4.69) is 14.8 Å². The molecule has 6 nitrogen and oxygen atoms in total. The smallest absolute Gasteiger partial charge is 0.453 e. The number of hydrogen-bond donors (Lipinski definition) is 1. The molecule has 0 saturated carbocycles. The summed E-state index contributed by atoms with van der Waals surface area (Å²) in [5, 5.41) is 3.22. The largest absolute Gasteiger partial charge is 0.490 e. The number of aromatic amines is 1. The fraction of sp³-hybridized carbons (Fsp3) is 0.188. The van der Waals surface area contributed by atoms with Crippen LogP contribution in [0.5, 0.6) is 0 Å². The van der Waals surface area contributed by atoms with Crippen LogP contribution in [0.15, 0.2) is 35.1 Å². The van der Waals surface area contributed by atoms with Crippen molar-refractivity contribution < 1.29 is 40.3 Å². The van der Waals surface area contributed by atoms with E-state index in [9.17, 15) is 40.3 Å². The van der Waals surface area contributed by atoms with Crippen LogP contribution in [0.25, 0.3) is 16.8 Å². The van der Waals surface area contributed by atoms with Crippen LogP contribution in [-0.4, -0.2) is 26.7 Å². The minimum absolute atomic E-state index is 0.159. The molecular formula is C16H8F7N3O3. The molecule has 3 aromatic rings. The summed E-state index contributed by atoms with van der Waals surface area (Å²) in [6.07, 6.45) is -10.3. The Morgan fingerprint density at radius 1 is 1.10 bits per heavy atom. The number of benzene rings is 1. The molecule has 154 valence electrons. The van der Waals surface area contributed by atoms with Crippen molar-refractivity contribution in [2.45, 2.75) is 19.0 Å². The number of carbonyl (C=O) groups is 1. The van der Waals surface area contributed by atoms with Gasteiger partial charge < -0.3 is 9.72 Å². The molecule has 3 rings (SSSR count). The molecule has 0 saturated heterocycles. The lowest BCUT2D eigenvalue weighted by Crippen LogP contribution is -2.26. The van der Waals surface area contributed by atoms with E-state index < -0.39 is 58.9 Å². The Bertz CT molecular complexity index is 1130. The SMILES string of the molecule is O=C(OCc1cc(=O)n2nc(C(F)(F)F)c(-c3ccc(F)cc3)c2[nH]1)C(F)(F)F. The number of nitrogens with zero attached hydrogens (tertiary/aromatic N) is 2. The minimum Gasteiger partial charge on any atom is -0.453 e. The third-order valence-corrected chi connectivity index (χ3v) is 3.66. The number of ether oxygens (including phenoxy) is 1. The predicted octanol–water partition coefficient (Wildman–Crippen LogP) is 3.45. The topological polar surface area (TPSA) is 76.5 Å². The number of aromatic nitrogens is 3. The van der Waals surface area contributed by atoms with Crippen molar-refractivity contribution in [1.29, 1.82) is 0 Å². The number of esters is 1. The highest BCUT2D eigenvalue weighted by molar-refractivity contribution is 5.80. The van der Waals surface area contributed by atoms with Crippen molar-refractivity contribution in [3.05, 3.63) is 57.9 Å². The average molecular weight is 423 g/mol. The first-order chi connectivity index (χ1) is 13.4. The molecule has 1 aromatic carbocycles. The summed E-state index contributed by atoms with van der Waals surface area (Å²) in [5.41, 5.74) is -4.29. The van der Waals surface area contributed by atoms with Crippen molar-refractivity contribution >= 4 is 11.6 Å². The summed E-state index contributed by atoms with van der Waals surface area (Å²) in [5.74, 6) is -3.27. The fourth-order valence-electron chi connectivity index (χ4n) is 2.48. The lowest BCUT2D eigenvalue weighted by Gasteiger charge is -2.09. The van der Waals surface area contributed by atoms with Crippen LogP contribution in [0, 0.1) is 5.82 Å². The highest BCUT2D eigenvalue weighted by Crippen LogP contribution is 2.38. The normalized spacial score (nSPS) is 12.4. The fourth-order valence-corrected chi connectivity index (χ4v) is 2.48. The summed E-state index contributed by atoms with van der Waals surface area (Å²) in [6.45, 7) is -1.06. The molecule has 0 spiro atoms. The van der Waals surface area contributed by atoms with Crippen LogP contribution < -0.4 is 5.56 Å². The number of hydrogen-bond acceptors (Lipinski definition) is 4. The van der Waals surface area contributed by atoms with E-state index in [1.807, 2.05) is 0 Å². The Labute approximate surface area is 155 Å². The van der Waals surface area contributed by atoms with Gasteiger partial charge in [-0.05, 0) is 17.7 Å². The quantitative estimate of drug-likeness (QED) is 0.517. The van der Waals surface area contributed by atoms with Crippen molar-refractivity contribution in [1.82, 2.24) is 14.6 Å². The molecule has 2 heterocycles. The van der Waals surface area contributed by atoms with Gasteiger partial charge in [-0.2, -0.15) is 36.0 Å². The standard InChI is InChI=1S/C16H8F7N3O3/c17-8-3-1-7(2-4-8)11-12(15(18,19)20)25-26-10(27)5-9(24-13(11)26)6-29-14(28)16(21,22)23/h1-5,24H,6H2. The first-order valence-corrected chi connectivity index (χ1v) is 7.60. The molecule has 0 bridgehead atoms. The first kappa shape index (κ1) is 20.4. The van der Waals surface area contributed by atoms with Crippen molar-refractivity contribution in [3.8, 4) is 11.1 Å². The second-order valence-electron chi connectivity index (χ2n) is 5.70. The van der Waals surface area contributed by atoms with E-state index in [0.29, 0.717) is 10.6 Å². The van der Waals surface area contributed by atoms with Gasteiger partial charge in [-0.25, -0.2) is 9.18 Å². The Balaban J connectivity index is 2.16. The molecule has 0 unspecified atom stereocenters. The van der Waals surface area contributed by atoms with Crippen LogP contribution >= 0.6 is 0 Å². The number of nitrogens with one attached hydrogen (secondary N) is 1. The second kappa shape index (κ2) is 6.90. The molecule has 1 N–H and O–H groups in total. The van der Waals surface area contributed by atoms with Gasteiger partial charge in [0.15, 0.2) is 5.69 Å². The lowest BCUT2D eigenvalue weighted by molar-refractivity contribution is -0.201. The zero-order chi connectivity index (χ0) is 21.6. The maximum absolute atomic E-state index is 13.4. The maximum Gasteiger partial charge on any atom is 0.490 e. The second-order valence-corrected chi connectivity index (χ2v) is 5.70. The molecule has 0 aliphatic heterocycles. The molecule has 0 radical (unpaired) electrons. The van der Waals surface area contributed by atoms with Crippen molar-refractivity contribution in [3.63, 3.8) is 0 Å². The van der Waals surface area contributed by atoms with Gasteiger partial charge in [-0.1, -0.05) is 12.1 Å². The van der Waals surface area contributed by atoms with E-state index in [0.717, 1.165) is 24.3 Å². The predicted molar refractivity (Wildman–Crippen MR) is 82.1 cm³/mol. The Kier molecular flexibility index (Phi) is 4.84. The van der Waals surface area contributed by atoms with Gasteiger partial charge in [-0.15, -0.1) is 0 Å². The number of carbonyl (C=O) groups excluding carboxylic acids is 1. The van der Waals surface area contributed by atoms with Crippen molar-refractivity contribution in [2.24, 2.45) is 0 Å². The summed E-state index contributed by atoms with van der Waals surface area (Å²) < 4.78 is 94.4. The summed E-state index contributed by atoms with van der Waals surface area (Å²) >= 11 is 0. The molecular weight excluding hydrogens is 415 g/mol. The molecule has 0 aliphatic carbocycles. The number of H-pyrrole nitrogens is 1. The van der Waals surface area contributed by atoms with E-state index in [4.69, 9.17) is 0 Å². The maximum atomic E-state index is 13.4. The Morgan fingerprint density at radius 3 is 2.28 bits per heavy atom. The van der Waals surface area contributed by atoms with Gasteiger partial charge in [0.2, 0.25) is 0 Å². The van der Waals surface area contributed by atoms with Gasteiger partial charge >= 0.3 is 18.3 Å². The minimum atomic E-state index is -5.29. The Morgan fingerprint density at radius 2 is 1.72 bits per heavy atom. The number of alkyl halides is 6. The zero-order valence-corrected chi connectivity index (χ0v) is 13.9. The van der Waals surface area contributed by atoms with E-state index in [1.54, 1.807) is 0 Å². The van der Waals surface area contributed by atoms with Crippen LogP contribution in [0.1, 0.15) is 11.4 Å². The van der Waals surface area contributed by atoms with Gasteiger partial charge in [0.1, 0.15) is 18.1 Å². The van der Waals surface area contributed by atoms with Crippen LogP contribution in [0.4, 0.5) is 30.7 Å². The van der Waals surface area contributed by atoms with Gasteiger partial charge in [0, 0.05) is 6.07 Å². The molecule has 29 heavy (non-hydrogen) atoms. The number of rotatable bonds is 3. The van der Waals surface area contributed by atoms with E-state index in [-0.39, 0.29) is 5.56 Å². The third kappa shape index (κ3) is 4.07. The van der Waals surface area contributed by atoms with Crippen LogP contribution in [-0.2, 0) is 22.3 Å². The summed E-state index contributed by atoms with van der Waals surface area (Å²) in [6, 6.07) is 4.42. The van der Waals surface area contributed by atoms with Crippen molar-refractivity contribution in [2.75, 3.05) is 0 Å². The zero-order valence-electron chi connectivity index (χ0n) is 13.9. The highest BCUT2D eigenvalue weighted by atomic mass is 19.4. The number of fused-ring (bicyclic) bond motifs is 1. The molecule has 2 aromatic heterocycles. The summed E-state index contributed by atoms with van der Waals surface area (Å²) in [4.78, 5) is 25.2. The number of halogens is 7.